The fraction of sp³-hybridized carbons (Fsp3) is 0.320. The van der Waals surface area contributed by atoms with E-state index in [4.69, 9.17) is 15.5 Å². The summed E-state index contributed by atoms with van der Waals surface area (Å²) in [6.45, 7) is 5.59. The number of carbonyl (C=O) groups excluding carboxylic acids is 1. The van der Waals surface area contributed by atoms with E-state index in [-0.39, 0.29) is 12.5 Å². The molecular weight excluding hydrogens is 416 g/mol. The highest BCUT2D eigenvalue weighted by Gasteiger charge is 2.22. The lowest BCUT2D eigenvalue weighted by atomic mass is 10.1. The number of hydrogen-bond acceptors (Lipinski definition) is 6. The second-order valence-corrected chi connectivity index (χ2v) is 8.85. The third-order valence-corrected chi connectivity index (χ3v) is 5.86. The topological polar surface area (TPSA) is 93.4 Å². The molecule has 1 saturated heterocycles. The van der Waals surface area contributed by atoms with Gasteiger partial charge in [-0.15, -0.1) is 0 Å². The van der Waals surface area contributed by atoms with Crippen molar-refractivity contribution in [1.29, 1.82) is 0 Å². The van der Waals surface area contributed by atoms with E-state index in [2.05, 4.69) is 27.3 Å². The van der Waals surface area contributed by atoms with Gasteiger partial charge in [0.25, 0.3) is 5.91 Å². The minimum Gasteiger partial charge on any atom is -0.378 e. The second kappa shape index (κ2) is 9.56. The van der Waals surface area contributed by atoms with Gasteiger partial charge in [-0.1, -0.05) is 0 Å². The van der Waals surface area contributed by atoms with E-state index in [0.29, 0.717) is 10.4 Å². The summed E-state index contributed by atoms with van der Waals surface area (Å²) in [4.78, 5) is 22.9. The molecule has 8 nitrogen and oxygen atoms in total. The third kappa shape index (κ3) is 5.47. The van der Waals surface area contributed by atoms with Crippen molar-refractivity contribution in [2.45, 2.75) is 6.92 Å². The molecule has 3 aromatic rings. The number of amides is 1. The van der Waals surface area contributed by atoms with Gasteiger partial charge >= 0.3 is 0 Å². The van der Waals surface area contributed by atoms with Crippen molar-refractivity contribution in [2.24, 2.45) is 5.73 Å². The predicted octanol–water partition coefficient (Wildman–Crippen LogP) is 3.08. The first-order valence-corrected chi connectivity index (χ1v) is 11.1. The molecule has 1 aromatic heterocycles. The number of nitrogens with two attached hydrogens (primary N) is 1. The number of hydrogen-bond donors (Lipinski definition) is 2. The zero-order valence-corrected chi connectivity index (χ0v) is 19.4. The summed E-state index contributed by atoms with van der Waals surface area (Å²) in [6.07, 6.45) is 1.83. The number of aromatic nitrogens is 2. The first-order valence-electron chi connectivity index (χ1n) is 11.1. The van der Waals surface area contributed by atoms with Gasteiger partial charge in [-0.05, 0) is 61.0 Å². The maximum atomic E-state index is 11.4. The van der Waals surface area contributed by atoms with Crippen molar-refractivity contribution in [3.05, 3.63) is 60.3 Å². The highest BCUT2D eigenvalue weighted by molar-refractivity contribution is 5.78. The van der Waals surface area contributed by atoms with Gasteiger partial charge in [0.05, 0.1) is 33.0 Å². The van der Waals surface area contributed by atoms with Gasteiger partial charge in [0.1, 0.15) is 5.69 Å². The Morgan fingerprint density at radius 3 is 2.39 bits per heavy atom. The smallest absolute Gasteiger partial charge is 0.273 e. The van der Waals surface area contributed by atoms with Crippen LogP contribution in [-0.2, 0) is 9.53 Å². The summed E-state index contributed by atoms with van der Waals surface area (Å²) < 4.78 is 5.82. The third-order valence-electron chi connectivity index (χ3n) is 5.86. The summed E-state index contributed by atoms with van der Waals surface area (Å²) >= 11 is 0. The Labute approximate surface area is 194 Å². The number of ether oxygens (including phenoxy) is 1. The molecule has 33 heavy (non-hydrogen) atoms. The van der Waals surface area contributed by atoms with Crippen molar-refractivity contribution in [3.63, 3.8) is 0 Å². The minimum atomic E-state index is -0.329. The van der Waals surface area contributed by atoms with Crippen LogP contribution in [0, 0.1) is 6.92 Å². The molecule has 1 amide bonds. The van der Waals surface area contributed by atoms with Gasteiger partial charge in [0.2, 0.25) is 5.95 Å². The van der Waals surface area contributed by atoms with E-state index in [1.165, 1.54) is 5.69 Å². The van der Waals surface area contributed by atoms with Crippen molar-refractivity contribution < 1.29 is 9.53 Å². The van der Waals surface area contributed by atoms with Crippen LogP contribution in [0.25, 0.3) is 11.3 Å². The monoisotopic (exact) mass is 447 g/mol. The Kier molecular flexibility index (Phi) is 6.57. The molecule has 1 aliphatic heterocycles. The fourth-order valence-corrected chi connectivity index (χ4v) is 4.00. The maximum Gasteiger partial charge on any atom is 0.273 e. The quantitative estimate of drug-likeness (QED) is 0.541. The Bertz CT molecular complexity index is 1110. The molecule has 0 atom stereocenters. The van der Waals surface area contributed by atoms with E-state index in [0.717, 1.165) is 54.5 Å². The van der Waals surface area contributed by atoms with Crippen LogP contribution in [0.15, 0.2) is 54.7 Å². The van der Waals surface area contributed by atoms with Gasteiger partial charge in [-0.2, -0.15) is 0 Å². The Morgan fingerprint density at radius 2 is 1.76 bits per heavy atom. The molecule has 0 saturated carbocycles. The Hall–Kier alpha value is -3.49. The molecule has 172 valence electrons. The average Bonchev–Trinajstić information content (AvgIpc) is 2.81. The molecule has 0 unspecified atom stereocenters. The van der Waals surface area contributed by atoms with Crippen LogP contribution in [0.3, 0.4) is 0 Å². The number of quaternary nitrogens is 1. The molecular formula is C25H31N6O2+. The molecule has 0 radical (unpaired) electrons. The van der Waals surface area contributed by atoms with Crippen LogP contribution in [0.1, 0.15) is 5.56 Å². The molecule has 1 aliphatic rings. The van der Waals surface area contributed by atoms with Crippen molar-refractivity contribution in [3.8, 4) is 11.3 Å². The zero-order valence-electron chi connectivity index (χ0n) is 19.4. The summed E-state index contributed by atoms with van der Waals surface area (Å²) in [7, 11) is 3.92. The van der Waals surface area contributed by atoms with E-state index in [1.54, 1.807) is 0 Å². The summed E-state index contributed by atoms with van der Waals surface area (Å²) in [5.74, 6) is 0.216. The first kappa shape index (κ1) is 22.7. The van der Waals surface area contributed by atoms with Gasteiger partial charge in [-0.3, -0.25) is 9.28 Å². The lowest BCUT2D eigenvalue weighted by Gasteiger charge is -2.28. The normalized spacial score (nSPS) is 14.2. The molecule has 4 rings (SSSR count). The molecule has 8 heteroatoms. The van der Waals surface area contributed by atoms with Crippen LogP contribution in [0.2, 0.25) is 0 Å². The number of nitrogens with zero attached hydrogens (tertiary/aromatic N) is 4. The van der Waals surface area contributed by atoms with Gasteiger partial charge in [0.15, 0.2) is 6.54 Å². The van der Waals surface area contributed by atoms with E-state index >= 15 is 0 Å². The molecule has 0 spiro atoms. The number of likely N-dealkylation sites (N-methyl/N-ethyl adjacent to an activating group) is 1. The largest absolute Gasteiger partial charge is 0.378 e. The Morgan fingerprint density at radius 1 is 1.09 bits per heavy atom. The summed E-state index contributed by atoms with van der Waals surface area (Å²) in [6, 6.07) is 16.4. The van der Waals surface area contributed by atoms with Gasteiger partial charge < -0.3 is 20.7 Å². The fourth-order valence-electron chi connectivity index (χ4n) is 4.00. The SMILES string of the molecule is Cc1cnc(Nc2ccc(N3CCOCC3)cc2)nc1-c1ccc([N+](C)(C)CC(N)=O)cc1. The van der Waals surface area contributed by atoms with Crippen molar-refractivity contribution in [2.75, 3.05) is 57.2 Å². The van der Waals surface area contributed by atoms with Crippen LogP contribution in [0.5, 0.6) is 0 Å². The average molecular weight is 448 g/mol. The molecule has 0 bridgehead atoms. The van der Waals surface area contributed by atoms with E-state index in [9.17, 15) is 4.79 Å². The van der Waals surface area contributed by atoms with Crippen LogP contribution >= 0.6 is 0 Å². The van der Waals surface area contributed by atoms with Crippen LogP contribution in [-0.4, -0.2) is 62.8 Å². The second-order valence-electron chi connectivity index (χ2n) is 8.85. The van der Waals surface area contributed by atoms with Crippen molar-refractivity contribution in [1.82, 2.24) is 14.5 Å². The number of rotatable bonds is 7. The summed E-state index contributed by atoms with van der Waals surface area (Å²) in [5, 5.41) is 3.31. The number of nitrogens with one attached hydrogen (secondary N) is 1. The number of morpholine rings is 1. The van der Waals surface area contributed by atoms with Crippen LogP contribution < -0.4 is 20.4 Å². The molecule has 1 fully saturated rings. The highest BCUT2D eigenvalue weighted by atomic mass is 16.5. The molecule has 3 N–H and O–H groups in total. The van der Waals surface area contributed by atoms with Gasteiger partial charge in [-0.25, -0.2) is 9.97 Å². The minimum absolute atomic E-state index is 0.240. The number of benzene rings is 2. The van der Waals surface area contributed by atoms with Gasteiger partial charge in [0, 0.05) is 36.2 Å². The lowest BCUT2D eigenvalue weighted by Crippen LogP contribution is -2.46. The number of carbonyl (C=O) groups is 1. The summed E-state index contributed by atoms with van der Waals surface area (Å²) in [5.41, 5.74) is 11.4. The first-order chi connectivity index (χ1) is 15.8. The van der Waals surface area contributed by atoms with Crippen molar-refractivity contribution >= 4 is 28.9 Å². The Balaban J connectivity index is 1.50. The zero-order chi connectivity index (χ0) is 23.4. The predicted molar refractivity (Wildman–Crippen MR) is 133 cm³/mol. The van der Waals surface area contributed by atoms with Crippen LogP contribution in [0.4, 0.5) is 23.0 Å². The number of anilines is 3. The molecule has 0 aliphatic carbocycles. The maximum absolute atomic E-state index is 11.4. The lowest BCUT2D eigenvalue weighted by molar-refractivity contribution is -0.118. The van der Waals surface area contributed by atoms with E-state index in [1.807, 2.05) is 63.6 Å². The highest BCUT2D eigenvalue weighted by Crippen LogP contribution is 2.27. The standard InChI is InChI=1S/C25H30N6O2/c1-18-16-27-25(28-20-6-8-21(9-7-20)30-12-14-33-15-13-30)29-24(18)19-4-10-22(11-5-19)31(2,3)17-23(26)32/h4-11,16H,12-15,17H2,1-3H3,(H2-,26,27,28,29,32)/p+1. The molecule has 2 heterocycles. The van der Waals surface area contributed by atoms with E-state index < -0.39 is 0 Å². The number of aryl methyl sites for hydroxylation is 1. The number of primary amides is 1. The molecule has 2 aromatic carbocycles.